The molecule has 0 fully saturated rings. The molecule has 8 heteroatoms. The van der Waals surface area contributed by atoms with E-state index in [-0.39, 0.29) is 22.1 Å². The van der Waals surface area contributed by atoms with Gasteiger partial charge < -0.3 is 5.32 Å². The van der Waals surface area contributed by atoms with Gasteiger partial charge in [-0.05, 0) is 24.3 Å². The third-order valence-corrected chi connectivity index (χ3v) is 3.11. The molecule has 20 heavy (non-hydrogen) atoms. The van der Waals surface area contributed by atoms with Gasteiger partial charge in [-0.3, -0.25) is 14.9 Å². The van der Waals surface area contributed by atoms with Gasteiger partial charge in [-0.2, -0.15) is 0 Å². The minimum atomic E-state index is -0.569. The maximum absolute atomic E-state index is 12.0. The Hall–Kier alpha value is -1.99. The van der Waals surface area contributed by atoms with E-state index in [2.05, 4.69) is 26.2 Å². The van der Waals surface area contributed by atoms with E-state index < -0.39 is 10.8 Å². The molecule has 1 aromatic carbocycles. The van der Waals surface area contributed by atoms with E-state index in [1.807, 2.05) is 0 Å². The van der Waals surface area contributed by atoms with Crippen molar-refractivity contribution in [1.29, 1.82) is 0 Å². The fourth-order valence-corrected chi connectivity index (χ4v) is 1.93. The first kappa shape index (κ1) is 14.4. The molecule has 0 atom stereocenters. The van der Waals surface area contributed by atoms with E-state index >= 15 is 0 Å². The molecular formula is C12H7BrClN3O3. The molecule has 0 spiro atoms. The molecule has 102 valence electrons. The van der Waals surface area contributed by atoms with E-state index in [9.17, 15) is 14.9 Å². The van der Waals surface area contributed by atoms with Crippen LogP contribution < -0.4 is 5.32 Å². The molecule has 6 nitrogen and oxygen atoms in total. The van der Waals surface area contributed by atoms with Crippen molar-refractivity contribution in [2.24, 2.45) is 0 Å². The van der Waals surface area contributed by atoms with Gasteiger partial charge in [0.1, 0.15) is 10.8 Å². The zero-order valence-electron chi connectivity index (χ0n) is 9.84. The van der Waals surface area contributed by atoms with Gasteiger partial charge in [0, 0.05) is 16.7 Å². The number of nitro benzene ring substituents is 1. The van der Waals surface area contributed by atoms with Gasteiger partial charge in [0.25, 0.3) is 11.6 Å². The number of hydrogen-bond donors (Lipinski definition) is 1. The number of carbonyl (C=O) groups excluding carboxylic acids is 1. The number of rotatable bonds is 3. The Morgan fingerprint density at radius 2 is 2.10 bits per heavy atom. The summed E-state index contributed by atoms with van der Waals surface area (Å²) in [6.07, 6.45) is 1.29. The van der Waals surface area contributed by atoms with Crippen molar-refractivity contribution in [3.05, 3.63) is 61.8 Å². The Balaban J connectivity index is 2.28. The first-order valence-corrected chi connectivity index (χ1v) is 6.51. The van der Waals surface area contributed by atoms with Crippen LogP contribution >= 0.6 is 27.5 Å². The number of benzene rings is 1. The van der Waals surface area contributed by atoms with Crippen molar-refractivity contribution in [3.8, 4) is 0 Å². The van der Waals surface area contributed by atoms with E-state index in [1.54, 1.807) is 6.07 Å². The van der Waals surface area contributed by atoms with Crippen LogP contribution in [0.4, 0.5) is 11.4 Å². The molecule has 0 aliphatic rings. The summed E-state index contributed by atoms with van der Waals surface area (Å²) in [6.45, 7) is 0. The summed E-state index contributed by atoms with van der Waals surface area (Å²) in [5, 5.41) is 13.7. The van der Waals surface area contributed by atoms with Crippen LogP contribution in [0.25, 0.3) is 0 Å². The van der Waals surface area contributed by atoms with Gasteiger partial charge in [0.2, 0.25) is 0 Å². The highest BCUT2D eigenvalue weighted by Crippen LogP contribution is 2.28. The summed E-state index contributed by atoms with van der Waals surface area (Å²) >= 11 is 8.77. The summed E-state index contributed by atoms with van der Waals surface area (Å²) in [6, 6.07) is 7.31. The molecule has 0 saturated carbocycles. The fourth-order valence-electron chi connectivity index (χ4n) is 1.47. The zero-order chi connectivity index (χ0) is 14.7. The van der Waals surface area contributed by atoms with E-state index in [1.165, 1.54) is 30.5 Å². The highest BCUT2D eigenvalue weighted by atomic mass is 79.9. The van der Waals surface area contributed by atoms with Crippen LogP contribution in [0.2, 0.25) is 5.15 Å². The second-order valence-corrected chi connectivity index (χ2v) is 5.05. The Labute approximate surface area is 127 Å². The van der Waals surface area contributed by atoms with Crippen LogP contribution in [0.15, 0.2) is 41.0 Å². The first-order chi connectivity index (χ1) is 9.47. The molecule has 0 radical (unpaired) electrons. The number of amides is 1. The molecule has 1 aromatic heterocycles. The summed E-state index contributed by atoms with van der Waals surface area (Å²) in [5.41, 5.74) is 0.166. The fraction of sp³-hybridized carbons (Fsp3) is 0. The predicted octanol–water partition coefficient (Wildman–Crippen LogP) is 3.66. The number of nitro groups is 1. The second kappa shape index (κ2) is 5.98. The molecule has 0 aliphatic heterocycles. The number of pyridine rings is 1. The van der Waals surface area contributed by atoms with Gasteiger partial charge >= 0.3 is 0 Å². The Morgan fingerprint density at radius 1 is 1.35 bits per heavy atom. The highest BCUT2D eigenvalue weighted by molar-refractivity contribution is 9.10. The number of aromatic nitrogens is 1. The molecule has 0 bridgehead atoms. The molecule has 0 unspecified atom stereocenters. The topological polar surface area (TPSA) is 85.1 Å². The smallest absolute Gasteiger partial charge is 0.293 e. The Bertz CT molecular complexity index is 676. The number of nitrogens with one attached hydrogen (secondary N) is 1. The predicted molar refractivity (Wildman–Crippen MR) is 78.0 cm³/mol. The molecular weight excluding hydrogens is 350 g/mol. The Kier molecular flexibility index (Phi) is 4.31. The first-order valence-electron chi connectivity index (χ1n) is 5.34. The van der Waals surface area contributed by atoms with Crippen LogP contribution in [0, 0.1) is 10.1 Å². The second-order valence-electron chi connectivity index (χ2n) is 3.74. The zero-order valence-corrected chi connectivity index (χ0v) is 12.2. The maximum atomic E-state index is 12.0. The van der Waals surface area contributed by atoms with Crippen LogP contribution in [0.1, 0.15) is 10.4 Å². The SMILES string of the molecule is O=C(Nc1ccc(Br)cc1[N+](=O)[O-])c1ccc(Cl)nc1. The van der Waals surface area contributed by atoms with Crippen LogP contribution in [-0.2, 0) is 0 Å². The summed E-state index contributed by atoms with van der Waals surface area (Å²) in [5.74, 6) is -0.500. The van der Waals surface area contributed by atoms with Crippen molar-refractivity contribution in [2.45, 2.75) is 0 Å². The summed E-state index contributed by atoms with van der Waals surface area (Å²) < 4.78 is 0.551. The lowest BCUT2D eigenvalue weighted by Crippen LogP contribution is -2.13. The van der Waals surface area contributed by atoms with Crippen LogP contribution in [0.3, 0.4) is 0 Å². The van der Waals surface area contributed by atoms with Crippen molar-refractivity contribution < 1.29 is 9.72 Å². The standard InChI is InChI=1S/C12H7BrClN3O3/c13-8-2-3-9(10(5-8)17(19)20)16-12(18)7-1-4-11(14)15-6-7/h1-6H,(H,16,18). The van der Waals surface area contributed by atoms with Crippen molar-refractivity contribution >= 4 is 44.8 Å². The molecule has 1 amide bonds. The van der Waals surface area contributed by atoms with Crippen LogP contribution in [-0.4, -0.2) is 15.8 Å². The third kappa shape index (κ3) is 3.31. The lowest BCUT2D eigenvalue weighted by Gasteiger charge is -2.06. The van der Waals surface area contributed by atoms with Crippen LogP contribution in [0.5, 0.6) is 0 Å². The van der Waals surface area contributed by atoms with Gasteiger partial charge in [-0.25, -0.2) is 4.98 Å². The maximum Gasteiger partial charge on any atom is 0.293 e. The lowest BCUT2D eigenvalue weighted by molar-refractivity contribution is -0.384. The largest absolute Gasteiger partial charge is 0.316 e. The molecule has 2 aromatic rings. The molecule has 2 rings (SSSR count). The van der Waals surface area contributed by atoms with E-state index in [0.29, 0.717) is 4.47 Å². The van der Waals surface area contributed by atoms with Gasteiger partial charge in [0.15, 0.2) is 0 Å². The lowest BCUT2D eigenvalue weighted by atomic mass is 10.2. The minimum Gasteiger partial charge on any atom is -0.316 e. The monoisotopic (exact) mass is 355 g/mol. The number of carbonyl (C=O) groups is 1. The summed E-state index contributed by atoms with van der Waals surface area (Å²) in [4.78, 5) is 26.1. The quantitative estimate of drug-likeness (QED) is 0.516. The number of nitrogens with zero attached hydrogens (tertiary/aromatic N) is 2. The van der Waals surface area contributed by atoms with Gasteiger partial charge in [-0.1, -0.05) is 27.5 Å². The van der Waals surface area contributed by atoms with Gasteiger partial charge in [-0.15, -0.1) is 0 Å². The van der Waals surface area contributed by atoms with Gasteiger partial charge in [0.05, 0.1) is 10.5 Å². The number of anilines is 1. The molecule has 1 N–H and O–H groups in total. The highest BCUT2D eigenvalue weighted by Gasteiger charge is 2.17. The number of halogens is 2. The number of hydrogen-bond acceptors (Lipinski definition) is 4. The summed E-state index contributed by atoms with van der Waals surface area (Å²) in [7, 11) is 0. The third-order valence-electron chi connectivity index (χ3n) is 2.39. The normalized spacial score (nSPS) is 10.1. The van der Waals surface area contributed by atoms with Crippen molar-refractivity contribution in [3.63, 3.8) is 0 Å². The van der Waals surface area contributed by atoms with E-state index in [0.717, 1.165) is 0 Å². The van der Waals surface area contributed by atoms with Crippen molar-refractivity contribution in [2.75, 3.05) is 5.32 Å². The van der Waals surface area contributed by atoms with E-state index in [4.69, 9.17) is 11.6 Å². The molecule has 0 saturated heterocycles. The minimum absolute atomic E-state index is 0.109. The van der Waals surface area contributed by atoms with Crippen molar-refractivity contribution in [1.82, 2.24) is 4.98 Å². The molecule has 1 heterocycles. The molecule has 0 aliphatic carbocycles. The Morgan fingerprint density at radius 3 is 2.70 bits per heavy atom. The average Bonchev–Trinajstić information content (AvgIpc) is 2.41. The average molecular weight is 357 g/mol.